The van der Waals surface area contributed by atoms with E-state index in [0.717, 1.165) is 0 Å². The van der Waals surface area contributed by atoms with Crippen molar-refractivity contribution in [1.29, 1.82) is 0 Å². The summed E-state index contributed by atoms with van der Waals surface area (Å²) in [7, 11) is -2.09. The fourth-order valence-electron chi connectivity index (χ4n) is 3.82. The second kappa shape index (κ2) is 9.56. The van der Waals surface area contributed by atoms with E-state index in [4.69, 9.17) is 0 Å². The van der Waals surface area contributed by atoms with Gasteiger partial charge in [-0.1, -0.05) is 160 Å². The molecule has 0 aliphatic carbocycles. The Morgan fingerprint density at radius 1 is 0.300 bits per heavy atom. The van der Waals surface area contributed by atoms with Crippen LogP contribution in [0.15, 0.2) is 109 Å². The summed E-state index contributed by atoms with van der Waals surface area (Å²) in [4.78, 5) is 0. The van der Waals surface area contributed by atoms with Gasteiger partial charge in [0.25, 0.3) is 0 Å². The maximum atomic E-state index is 2.42. The summed E-state index contributed by atoms with van der Waals surface area (Å²) in [6.07, 6.45) is 0. The average Bonchev–Trinajstić information content (AvgIpc) is 2.84. The highest BCUT2D eigenvalue weighted by Gasteiger charge is 2.15. The standard InChI is InChI=1S/C27H27Si3/c1-28(22-10-6-4-7-11-22)24-14-18-26(19-15-24)30(3)27-20-16-25(17-21-27)29(2)23-12-8-5-9-13-23/h4-21H,1-3H3. The van der Waals surface area contributed by atoms with Gasteiger partial charge in [-0.15, -0.1) is 0 Å². The number of hydrogen-bond donors (Lipinski definition) is 0. The minimum absolute atomic E-state index is 0.677. The van der Waals surface area contributed by atoms with Crippen LogP contribution in [-0.2, 0) is 0 Å². The summed E-state index contributed by atoms with van der Waals surface area (Å²) in [5.74, 6) is 0. The molecule has 4 aromatic carbocycles. The Morgan fingerprint density at radius 3 is 0.733 bits per heavy atom. The lowest BCUT2D eigenvalue weighted by atomic mass is 10.3. The Kier molecular flexibility index (Phi) is 6.63. The van der Waals surface area contributed by atoms with Gasteiger partial charge in [0, 0.05) is 0 Å². The highest BCUT2D eigenvalue weighted by molar-refractivity contribution is 6.86. The summed E-state index contributed by atoms with van der Waals surface area (Å²) in [6.45, 7) is 7.20. The Labute approximate surface area is 186 Å². The molecule has 0 aliphatic heterocycles. The van der Waals surface area contributed by atoms with Crippen LogP contribution in [0, 0.1) is 0 Å². The van der Waals surface area contributed by atoms with Gasteiger partial charge in [0.2, 0.25) is 0 Å². The normalized spacial score (nSPS) is 11.4. The van der Waals surface area contributed by atoms with Crippen molar-refractivity contribution in [1.82, 2.24) is 0 Å². The van der Waals surface area contributed by atoms with Gasteiger partial charge in [-0.05, 0) is 0 Å². The molecule has 0 saturated heterocycles. The first-order valence-electron chi connectivity index (χ1n) is 10.5. The summed E-state index contributed by atoms with van der Waals surface area (Å²) in [5, 5.41) is 8.91. The smallest absolute Gasteiger partial charge is 0.0630 e. The monoisotopic (exact) mass is 435 g/mol. The minimum atomic E-state index is -0.734. The van der Waals surface area contributed by atoms with Crippen molar-refractivity contribution in [3.63, 3.8) is 0 Å². The van der Waals surface area contributed by atoms with Gasteiger partial charge >= 0.3 is 0 Å². The predicted octanol–water partition coefficient (Wildman–Crippen LogP) is 2.40. The van der Waals surface area contributed by atoms with E-state index in [0.29, 0.717) is 0 Å². The van der Waals surface area contributed by atoms with E-state index < -0.39 is 26.4 Å². The maximum Gasteiger partial charge on any atom is 0.118 e. The van der Waals surface area contributed by atoms with E-state index in [9.17, 15) is 0 Å². The molecule has 0 amide bonds. The molecule has 0 N–H and O–H groups in total. The van der Waals surface area contributed by atoms with E-state index in [2.05, 4.69) is 129 Å². The van der Waals surface area contributed by atoms with Crippen LogP contribution in [0.2, 0.25) is 19.6 Å². The third kappa shape index (κ3) is 4.64. The molecule has 4 aromatic rings. The third-order valence-electron chi connectivity index (χ3n) is 5.92. The molecule has 0 bridgehead atoms. The molecule has 147 valence electrons. The lowest BCUT2D eigenvalue weighted by Crippen LogP contribution is -2.44. The minimum Gasteiger partial charge on any atom is -0.0630 e. The van der Waals surface area contributed by atoms with Crippen LogP contribution in [0.1, 0.15) is 0 Å². The van der Waals surface area contributed by atoms with E-state index in [-0.39, 0.29) is 0 Å². The number of benzene rings is 4. The lowest BCUT2D eigenvalue weighted by Gasteiger charge is -2.15. The molecule has 30 heavy (non-hydrogen) atoms. The van der Waals surface area contributed by atoms with E-state index >= 15 is 0 Å². The van der Waals surface area contributed by atoms with Crippen molar-refractivity contribution in [3.05, 3.63) is 109 Å². The summed E-state index contributed by atoms with van der Waals surface area (Å²) >= 11 is 0. The van der Waals surface area contributed by atoms with Gasteiger partial charge in [0.1, 0.15) is 26.4 Å². The van der Waals surface area contributed by atoms with Crippen LogP contribution >= 0.6 is 0 Å². The van der Waals surface area contributed by atoms with Crippen molar-refractivity contribution in [3.8, 4) is 0 Å². The number of rotatable bonds is 6. The molecular formula is C27H27Si3. The third-order valence-corrected chi connectivity index (χ3v) is 13.1. The zero-order valence-electron chi connectivity index (χ0n) is 17.9. The van der Waals surface area contributed by atoms with Crippen molar-refractivity contribution < 1.29 is 0 Å². The topological polar surface area (TPSA) is 0 Å². The lowest BCUT2D eigenvalue weighted by molar-refractivity contribution is 1.72. The maximum absolute atomic E-state index is 2.42. The predicted molar refractivity (Wildman–Crippen MR) is 138 cm³/mol. The Bertz CT molecular complexity index is 970. The molecule has 0 aromatic heterocycles. The molecule has 0 atom stereocenters. The van der Waals surface area contributed by atoms with Crippen LogP contribution in [-0.4, -0.2) is 26.4 Å². The van der Waals surface area contributed by atoms with Crippen LogP contribution in [0.4, 0.5) is 0 Å². The second-order valence-corrected chi connectivity index (χ2v) is 15.0. The van der Waals surface area contributed by atoms with Crippen molar-refractivity contribution in [2.24, 2.45) is 0 Å². The summed E-state index contributed by atoms with van der Waals surface area (Å²) < 4.78 is 0. The van der Waals surface area contributed by atoms with Crippen LogP contribution in [0.25, 0.3) is 0 Å². The molecular weight excluding hydrogens is 409 g/mol. The fourth-order valence-corrected chi connectivity index (χ4v) is 8.87. The first-order valence-corrected chi connectivity index (χ1v) is 16.5. The largest absolute Gasteiger partial charge is 0.118 e. The molecule has 3 radical (unpaired) electrons. The zero-order chi connectivity index (χ0) is 20.9. The highest BCUT2D eigenvalue weighted by atomic mass is 28.3. The molecule has 0 heterocycles. The van der Waals surface area contributed by atoms with Crippen molar-refractivity contribution >= 4 is 57.5 Å². The average molecular weight is 436 g/mol. The zero-order valence-corrected chi connectivity index (χ0v) is 20.9. The van der Waals surface area contributed by atoms with Crippen molar-refractivity contribution in [2.75, 3.05) is 0 Å². The van der Waals surface area contributed by atoms with Gasteiger partial charge in [0.05, 0.1) is 0 Å². The Balaban J connectivity index is 1.48. The first kappa shape index (κ1) is 20.8. The fraction of sp³-hybridized carbons (Fsp3) is 0.111. The Morgan fingerprint density at radius 2 is 0.500 bits per heavy atom. The molecule has 0 aliphatic rings. The quantitative estimate of drug-likeness (QED) is 0.408. The van der Waals surface area contributed by atoms with Crippen LogP contribution in [0.3, 0.4) is 0 Å². The SMILES string of the molecule is C[Si](c1ccccc1)c1ccc([Si](C)c2ccc([Si](C)c3ccccc3)cc2)cc1. The van der Waals surface area contributed by atoms with E-state index in [1.165, 1.54) is 31.1 Å². The second-order valence-electron chi connectivity index (χ2n) is 7.76. The van der Waals surface area contributed by atoms with E-state index in [1.54, 1.807) is 0 Å². The van der Waals surface area contributed by atoms with Crippen LogP contribution < -0.4 is 31.1 Å². The Hall–Kier alpha value is -2.47. The van der Waals surface area contributed by atoms with Gasteiger partial charge in [-0.3, -0.25) is 0 Å². The molecule has 0 unspecified atom stereocenters. The molecule has 3 heteroatoms. The highest BCUT2D eigenvalue weighted by Crippen LogP contribution is 1.96. The molecule has 0 saturated carbocycles. The molecule has 0 spiro atoms. The van der Waals surface area contributed by atoms with Gasteiger partial charge < -0.3 is 0 Å². The van der Waals surface area contributed by atoms with Crippen molar-refractivity contribution in [2.45, 2.75) is 19.6 Å². The number of hydrogen-bond acceptors (Lipinski definition) is 0. The van der Waals surface area contributed by atoms with Gasteiger partial charge in [0.15, 0.2) is 0 Å². The molecule has 0 fully saturated rings. The van der Waals surface area contributed by atoms with Gasteiger partial charge in [-0.25, -0.2) is 0 Å². The molecule has 0 nitrogen and oxygen atoms in total. The molecule has 4 rings (SSSR count). The van der Waals surface area contributed by atoms with Crippen LogP contribution in [0.5, 0.6) is 0 Å². The van der Waals surface area contributed by atoms with Gasteiger partial charge in [-0.2, -0.15) is 0 Å². The summed E-state index contributed by atoms with van der Waals surface area (Å²) in [5.41, 5.74) is 0. The van der Waals surface area contributed by atoms with E-state index in [1.807, 2.05) is 0 Å². The first-order chi connectivity index (χ1) is 14.6. The summed E-state index contributed by atoms with van der Waals surface area (Å²) in [6, 6.07) is 40.8.